The number of nitrogen functional groups attached to an aromatic ring is 1. The molecule has 0 bridgehead atoms. The number of hydrogen-bond acceptors (Lipinski definition) is 8. The Labute approximate surface area is 148 Å². The number of fused-ring (bicyclic) bond motifs is 1. The number of hydrogen-bond donors (Lipinski definition) is 2. The van der Waals surface area contributed by atoms with Crippen molar-refractivity contribution in [2.24, 2.45) is 0 Å². The summed E-state index contributed by atoms with van der Waals surface area (Å²) >= 11 is 1.27. The van der Waals surface area contributed by atoms with Gasteiger partial charge in [0.1, 0.15) is 11.3 Å². The van der Waals surface area contributed by atoms with Gasteiger partial charge in [-0.2, -0.15) is 10.1 Å². The summed E-state index contributed by atoms with van der Waals surface area (Å²) in [4.78, 5) is 20.9. The molecule has 0 aromatic carbocycles. The molecule has 0 atom stereocenters. The lowest BCUT2D eigenvalue weighted by atomic mass is 10.0. The largest absolute Gasteiger partial charge is 0.374 e. The van der Waals surface area contributed by atoms with E-state index >= 15 is 0 Å². The number of rotatable bonds is 5. The van der Waals surface area contributed by atoms with Crippen LogP contribution in [-0.4, -0.2) is 35.7 Å². The lowest BCUT2D eigenvalue weighted by Gasteiger charge is -2.23. The van der Waals surface area contributed by atoms with Crippen LogP contribution in [0.3, 0.4) is 0 Å². The van der Waals surface area contributed by atoms with E-state index < -0.39 is 5.54 Å². The van der Waals surface area contributed by atoms with Gasteiger partial charge in [0, 0.05) is 17.8 Å². The van der Waals surface area contributed by atoms with Crippen molar-refractivity contribution in [3.63, 3.8) is 0 Å². The maximum absolute atomic E-state index is 12.4. The second-order valence-electron chi connectivity index (χ2n) is 6.35. The second-order valence-corrected chi connectivity index (χ2v) is 7.36. The normalized spacial score (nSPS) is 11.8. The maximum Gasteiger partial charge on any atom is 0.252 e. The van der Waals surface area contributed by atoms with E-state index in [-0.39, 0.29) is 5.91 Å². The van der Waals surface area contributed by atoms with Crippen LogP contribution in [0.4, 0.5) is 5.13 Å². The molecule has 3 aromatic heterocycles. The molecule has 0 aliphatic rings. The van der Waals surface area contributed by atoms with Crippen LogP contribution in [0.5, 0.6) is 0 Å². The van der Waals surface area contributed by atoms with Crippen LogP contribution in [0.25, 0.3) is 5.78 Å². The fraction of sp³-hybridized carbons (Fsp3) is 0.467. The summed E-state index contributed by atoms with van der Waals surface area (Å²) in [5.74, 6) is 0.495. The summed E-state index contributed by atoms with van der Waals surface area (Å²) in [5.41, 5.74) is 7.82. The predicted octanol–water partition coefficient (Wildman–Crippen LogP) is 1.16. The highest BCUT2D eigenvalue weighted by atomic mass is 32.1. The van der Waals surface area contributed by atoms with Crippen LogP contribution in [-0.2, 0) is 16.8 Å². The van der Waals surface area contributed by atoms with Gasteiger partial charge in [-0.05, 0) is 39.7 Å². The molecule has 1 amide bonds. The van der Waals surface area contributed by atoms with Crippen LogP contribution in [0.15, 0.2) is 6.33 Å². The summed E-state index contributed by atoms with van der Waals surface area (Å²) in [5, 5.41) is 16.0. The van der Waals surface area contributed by atoms with Gasteiger partial charge in [0.15, 0.2) is 0 Å². The number of nitrogens with two attached hydrogens (primary N) is 1. The third-order valence-corrected chi connectivity index (χ3v) is 5.09. The Kier molecular flexibility index (Phi) is 4.38. The van der Waals surface area contributed by atoms with Gasteiger partial charge in [0.25, 0.3) is 5.78 Å². The number of carbonyl (C=O) groups excluding carboxylic acids is 1. The second kappa shape index (κ2) is 6.36. The molecule has 0 unspecified atom stereocenters. The summed E-state index contributed by atoms with van der Waals surface area (Å²) in [6.07, 6.45) is 2.38. The minimum atomic E-state index is -0.620. The first-order valence-electron chi connectivity index (χ1n) is 7.84. The number of aromatic nitrogens is 6. The van der Waals surface area contributed by atoms with Gasteiger partial charge >= 0.3 is 0 Å². The molecule has 0 saturated carbocycles. The van der Waals surface area contributed by atoms with Crippen molar-refractivity contribution in [3.05, 3.63) is 28.3 Å². The van der Waals surface area contributed by atoms with Crippen molar-refractivity contribution in [2.75, 3.05) is 5.73 Å². The molecule has 3 rings (SSSR count). The van der Waals surface area contributed by atoms with Gasteiger partial charge in [0.05, 0.1) is 5.54 Å². The van der Waals surface area contributed by atoms with Gasteiger partial charge < -0.3 is 11.1 Å². The summed E-state index contributed by atoms with van der Waals surface area (Å²) in [7, 11) is 0. The quantitative estimate of drug-likeness (QED) is 0.699. The molecule has 3 aromatic rings. The Morgan fingerprint density at radius 3 is 2.80 bits per heavy atom. The minimum Gasteiger partial charge on any atom is -0.374 e. The van der Waals surface area contributed by atoms with E-state index in [1.807, 2.05) is 27.7 Å². The van der Waals surface area contributed by atoms with Crippen molar-refractivity contribution in [2.45, 2.75) is 46.1 Å². The molecule has 0 aliphatic carbocycles. The fourth-order valence-corrected chi connectivity index (χ4v) is 3.37. The zero-order valence-electron chi connectivity index (χ0n) is 14.6. The van der Waals surface area contributed by atoms with Crippen molar-refractivity contribution in [1.82, 2.24) is 35.1 Å². The predicted molar refractivity (Wildman–Crippen MR) is 94.1 cm³/mol. The van der Waals surface area contributed by atoms with E-state index in [0.29, 0.717) is 28.8 Å². The van der Waals surface area contributed by atoms with Crippen LogP contribution >= 0.6 is 11.3 Å². The molecule has 3 heterocycles. The zero-order valence-corrected chi connectivity index (χ0v) is 15.4. The van der Waals surface area contributed by atoms with Crippen molar-refractivity contribution >= 4 is 28.2 Å². The number of nitrogens with zero attached hydrogens (tertiary/aromatic N) is 6. The first kappa shape index (κ1) is 17.2. The highest BCUT2D eigenvalue weighted by Crippen LogP contribution is 2.25. The molecule has 9 nitrogen and oxygen atoms in total. The number of amides is 1. The molecule has 0 aliphatic heterocycles. The molecule has 0 fully saturated rings. The molecule has 10 heteroatoms. The van der Waals surface area contributed by atoms with Crippen molar-refractivity contribution in [3.8, 4) is 0 Å². The highest BCUT2D eigenvalue weighted by molar-refractivity contribution is 7.15. The van der Waals surface area contributed by atoms with E-state index in [2.05, 4.69) is 30.6 Å². The van der Waals surface area contributed by atoms with Crippen LogP contribution in [0.2, 0.25) is 0 Å². The van der Waals surface area contributed by atoms with Crippen molar-refractivity contribution in [1.29, 1.82) is 0 Å². The fourth-order valence-electron chi connectivity index (χ4n) is 2.71. The third-order valence-electron chi connectivity index (χ3n) is 4.02. The maximum atomic E-state index is 12.4. The first-order chi connectivity index (χ1) is 11.8. The Morgan fingerprint density at radius 2 is 2.12 bits per heavy atom. The molecule has 3 N–H and O–H groups in total. The Hall–Kier alpha value is -2.62. The molecule has 0 saturated heterocycles. The number of nitrogens with one attached hydrogen (secondary N) is 1. The standard InChI is InChI=1S/C15H20N8OS/c1-8-10(9(2)23-14(19-8)17-7-18-23)5-6-11(24)20-15(3,4)12-21-22-13(16)25-12/h7H,5-6H2,1-4H3,(H2,16,22)(H,20,24). The van der Waals surface area contributed by atoms with E-state index in [1.165, 1.54) is 17.7 Å². The first-order valence-corrected chi connectivity index (χ1v) is 8.66. The lowest BCUT2D eigenvalue weighted by molar-refractivity contribution is -0.122. The molecule has 0 spiro atoms. The van der Waals surface area contributed by atoms with E-state index in [0.717, 1.165) is 17.0 Å². The molecule has 132 valence electrons. The minimum absolute atomic E-state index is 0.0729. The van der Waals surface area contributed by atoms with Gasteiger partial charge in [-0.25, -0.2) is 9.50 Å². The third kappa shape index (κ3) is 3.43. The summed E-state index contributed by atoms with van der Waals surface area (Å²) < 4.78 is 1.69. The van der Waals surface area contributed by atoms with Crippen molar-refractivity contribution < 1.29 is 4.79 Å². The monoisotopic (exact) mass is 360 g/mol. The average molecular weight is 360 g/mol. The van der Waals surface area contributed by atoms with Gasteiger partial charge in [-0.15, -0.1) is 10.2 Å². The topological polar surface area (TPSA) is 124 Å². The number of aryl methyl sites for hydroxylation is 2. The summed E-state index contributed by atoms with van der Waals surface area (Å²) in [6.45, 7) is 7.63. The van der Waals surface area contributed by atoms with E-state index in [4.69, 9.17) is 5.73 Å². The SMILES string of the molecule is Cc1nc2ncnn2c(C)c1CCC(=O)NC(C)(C)c1nnc(N)s1. The number of carbonyl (C=O) groups is 1. The van der Waals surface area contributed by atoms with Gasteiger partial charge in [-0.1, -0.05) is 11.3 Å². The Bertz CT molecular complexity index is 929. The highest BCUT2D eigenvalue weighted by Gasteiger charge is 2.27. The Morgan fingerprint density at radius 1 is 1.36 bits per heavy atom. The summed E-state index contributed by atoms with van der Waals surface area (Å²) in [6, 6.07) is 0. The number of anilines is 1. The molecule has 0 radical (unpaired) electrons. The molecule has 25 heavy (non-hydrogen) atoms. The van der Waals surface area contributed by atoms with E-state index in [1.54, 1.807) is 4.52 Å². The lowest BCUT2D eigenvalue weighted by Crippen LogP contribution is -2.41. The van der Waals surface area contributed by atoms with Gasteiger partial charge in [0.2, 0.25) is 11.0 Å². The zero-order chi connectivity index (χ0) is 18.2. The van der Waals surface area contributed by atoms with Crippen LogP contribution in [0, 0.1) is 13.8 Å². The smallest absolute Gasteiger partial charge is 0.252 e. The molecular formula is C15H20N8OS. The van der Waals surface area contributed by atoms with Crippen LogP contribution < -0.4 is 11.1 Å². The molecular weight excluding hydrogens is 340 g/mol. The van der Waals surface area contributed by atoms with Gasteiger partial charge in [-0.3, -0.25) is 4.79 Å². The average Bonchev–Trinajstić information content (AvgIpc) is 3.15. The Balaban J connectivity index is 1.70. The van der Waals surface area contributed by atoms with E-state index in [9.17, 15) is 4.79 Å². The van der Waals surface area contributed by atoms with Crippen LogP contribution in [0.1, 0.15) is 42.2 Å².